The Bertz CT molecular complexity index is 866. The number of nitrogens with zero attached hydrogens (tertiary/aromatic N) is 3. The number of pyridine rings is 1. The van der Waals surface area contributed by atoms with Gasteiger partial charge in [0.2, 0.25) is 5.95 Å². The summed E-state index contributed by atoms with van der Waals surface area (Å²) in [6.07, 6.45) is 2.69. The summed E-state index contributed by atoms with van der Waals surface area (Å²) in [7, 11) is 0. The van der Waals surface area contributed by atoms with Crippen molar-refractivity contribution in [1.29, 1.82) is 0 Å². The van der Waals surface area contributed by atoms with Gasteiger partial charge >= 0.3 is 0 Å². The van der Waals surface area contributed by atoms with Crippen molar-refractivity contribution in [2.75, 3.05) is 10.6 Å². The number of nitrogens with one attached hydrogen (secondary N) is 2. The van der Waals surface area contributed by atoms with Crippen molar-refractivity contribution in [2.45, 2.75) is 26.3 Å². The molecule has 2 N–H and O–H groups in total. The fraction of sp³-hybridized carbons (Fsp3) is 0.211. The van der Waals surface area contributed by atoms with Crippen LogP contribution in [0.2, 0.25) is 10.0 Å². The lowest BCUT2D eigenvalue weighted by atomic mass is 10.2. The van der Waals surface area contributed by atoms with Crippen molar-refractivity contribution in [3.63, 3.8) is 0 Å². The van der Waals surface area contributed by atoms with Crippen molar-refractivity contribution >= 4 is 40.7 Å². The molecule has 0 aliphatic carbocycles. The van der Waals surface area contributed by atoms with Crippen LogP contribution in [-0.4, -0.2) is 21.0 Å². The van der Waals surface area contributed by atoms with E-state index in [-0.39, 0.29) is 6.04 Å². The van der Waals surface area contributed by atoms with Crippen LogP contribution < -0.4 is 10.6 Å². The quantitative estimate of drug-likeness (QED) is 0.559. The van der Waals surface area contributed by atoms with Crippen LogP contribution in [0.25, 0.3) is 11.4 Å². The smallest absolute Gasteiger partial charge is 0.225 e. The maximum absolute atomic E-state index is 6.26. The molecule has 0 aliphatic rings. The normalized spacial score (nSPS) is 11.8. The number of aromatic nitrogens is 3. The third-order valence-electron chi connectivity index (χ3n) is 3.86. The van der Waals surface area contributed by atoms with Crippen LogP contribution in [0.4, 0.5) is 17.5 Å². The van der Waals surface area contributed by atoms with Gasteiger partial charge in [0.1, 0.15) is 5.82 Å². The molecule has 2 aromatic heterocycles. The summed E-state index contributed by atoms with van der Waals surface area (Å²) >= 11 is 12.5. The molecule has 7 heteroatoms. The molecule has 0 aliphatic heterocycles. The average molecular weight is 388 g/mol. The number of anilines is 3. The summed E-state index contributed by atoms with van der Waals surface area (Å²) in [5.74, 6) is 1.11. The number of benzene rings is 1. The minimum atomic E-state index is 0.241. The molecule has 0 radical (unpaired) electrons. The first kappa shape index (κ1) is 18.4. The van der Waals surface area contributed by atoms with Gasteiger partial charge in [-0.05, 0) is 37.6 Å². The molecule has 0 bridgehead atoms. The van der Waals surface area contributed by atoms with Gasteiger partial charge < -0.3 is 10.6 Å². The van der Waals surface area contributed by atoms with Crippen molar-refractivity contribution in [3.8, 4) is 11.4 Å². The van der Waals surface area contributed by atoms with Gasteiger partial charge in [-0.15, -0.1) is 0 Å². The molecule has 0 saturated carbocycles. The molecule has 0 saturated heterocycles. The lowest BCUT2D eigenvalue weighted by Gasteiger charge is -2.15. The molecule has 1 aromatic carbocycles. The van der Waals surface area contributed by atoms with Gasteiger partial charge in [0.05, 0.1) is 27.1 Å². The lowest BCUT2D eigenvalue weighted by molar-refractivity contribution is 0.753. The van der Waals surface area contributed by atoms with Gasteiger partial charge in [-0.3, -0.25) is 4.98 Å². The molecule has 3 aromatic rings. The molecule has 0 amide bonds. The molecule has 2 heterocycles. The van der Waals surface area contributed by atoms with Crippen LogP contribution in [-0.2, 0) is 0 Å². The van der Waals surface area contributed by atoms with Gasteiger partial charge in [-0.25, -0.2) is 4.98 Å². The maximum atomic E-state index is 6.26. The van der Waals surface area contributed by atoms with Crippen LogP contribution in [0.3, 0.4) is 0 Å². The third-order valence-corrected chi connectivity index (χ3v) is 4.49. The first-order valence-corrected chi connectivity index (χ1v) is 9.10. The van der Waals surface area contributed by atoms with Crippen LogP contribution in [0.15, 0.2) is 48.7 Å². The monoisotopic (exact) mass is 387 g/mol. The Morgan fingerprint density at radius 2 is 1.77 bits per heavy atom. The van der Waals surface area contributed by atoms with E-state index in [2.05, 4.69) is 39.4 Å². The van der Waals surface area contributed by atoms with E-state index in [1.165, 1.54) is 0 Å². The van der Waals surface area contributed by atoms with Crippen molar-refractivity contribution in [3.05, 3.63) is 58.7 Å². The second kappa shape index (κ2) is 8.34. The molecular formula is C19H19Cl2N5. The first-order chi connectivity index (χ1) is 12.6. The molecule has 0 spiro atoms. The van der Waals surface area contributed by atoms with Gasteiger partial charge in [0.25, 0.3) is 0 Å². The molecule has 1 atom stereocenters. The lowest BCUT2D eigenvalue weighted by Crippen LogP contribution is -2.16. The summed E-state index contributed by atoms with van der Waals surface area (Å²) in [5.41, 5.74) is 2.07. The van der Waals surface area contributed by atoms with Crippen LogP contribution in [0.1, 0.15) is 20.3 Å². The summed E-state index contributed by atoms with van der Waals surface area (Å²) in [6.45, 7) is 4.18. The van der Waals surface area contributed by atoms with E-state index < -0.39 is 0 Å². The number of hydrogen-bond acceptors (Lipinski definition) is 5. The van der Waals surface area contributed by atoms with E-state index in [0.717, 1.165) is 12.1 Å². The molecule has 3 rings (SSSR count). The average Bonchev–Trinajstić information content (AvgIpc) is 2.65. The highest BCUT2D eigenvalue weighted by Gasteiger charge is 2.12. The molecule has 134 valence electrons. The molecular weight excluding hydrogens is 369 g/mol. The Kier molecular flexibility index (Phi) is 5.91. The van der Waals surface area contributed by atoms with E-state index in [1.807, 2.05) is 24.3 Å². The number of rotatable bonds is 6. The van der Waals surface area contributed by atoms with Crippen molar-refractivity contribution in [1.82, 2.24) is 15.0 Å². The summed E-state index contributed by atoms with van der Waals surface area (Å²) < 4.78 is 0. The predicted molar refractivity (Wildman–Crippen MR) is 108 cm³/mol. The SMILES string of the molecule is CC[C@@H](C)Nc1nc(Nc2c(Cl)cccc2Cl)cc(-c2ccccn2)n1. The van der Waals surface area contributed by atoms with E-state index in [0.29, 0.717) is 33.2 Å². The van der Waals surface area contributed by atoms with Gasteiger partial charge in [-0.1, -0.05) is 42.3 Å². The van der Waals surface area contributed by atoms with Crippen LogP contribution in [0.5, 0.6) is 0 Å². The van der Waals surface area contributed by atoms with E-state index in [4.69, 9.17) is 23.2 Å². The molecule has 0 unspecified atom stereocenters. The largest absolute Gasteiger partial charge is 0.352 e. The van der Waals surface area contributed by atoms with Gasteiger partial charge in [0, 0.05) is 18.3 Å². The number of halogens is 2. The Morgan fingerprint density at radius 1 is 1.00 bits per heavy atom. The molecule has 5 nitrogen and oxygen atoms in total. The summed E-state index contributed by atoms with van der Waals surface area (Å²) in [6, 6.07) is 13.1. The fourth-order valence-corrected chi connectivity index (χ4v) is 2.78. The summed E-state index contributed by atoms with van der Waals surface area (Å²) in [4.78, 5) is 13.5. The second-order valence-electron chi connectivity index (χ2n) is 5.85. The topological polar surface area (TPSA) is 62.7 Å². The minimum absolute atomic E-state index is 0.241. The van der Waals surface area contributed by atoms with Gasteiger partial charge in [0.15, 0.2) is 0 Å². The zero-order chi connectivity index (χ0) is 18.5. The number of hydrogen-bond donors (Lipinski definition) is 2. The Hall–Kier alpha value is -2.37. The maximum Gasteiger partial charge on any atom is 0.225 e. The van der Waals surface area contributed by atoms with Gasteiger partial charge in [-0.2, -0.15) is 4.98 Å². The van der Waals surface area contributed by atoms with E-state index >= 15 is 0 Å². The third kappa shape index (κ3) is 4.42. The summed E-state index contributed by atoms with van der Waals surface area (Å²) in [5, 5.41) is 7.54. The van der Waals surface area contributed by atoms with Crippen molar-refractivity contribution < 1.29 is 0 Å². The predicted octanol–water partition coefficient (Wildman–Crippen LogP) is 5.80. The zero-order valence-corrected chi connectivity index (χ0v) is 16.0. The van der Waals surface area contributed by atoms with Crippen LogP contribution in [0, 0.1) is 0 Å². The Morgan fingerprint density at radius 3 is 2.42 bits per heavy atom. The minimum Gasteiger partial charge on any atom is -0.352 e. The first-order valence-electron chi connectivity index (χ1n) is 8.35. The highest BCUT2D eigenvalue weighted by atomic mass is 35.5. The number of para-hydroxylation sites is 1. The van der Waals surface area contributed by atoms with E-state index in [9.17, 15) is 0 Å². The zero-order valence-electron chi connectivity index (χ0n) is 14.5. The molecule has 26 heavy (non-hydrogen) atoms. The van der Waals surface area contributed by atoms with Crippen molar-refractivity contribution in [2.24, 2.45) is 0 Å². The van der Waals surface area contributed by atoms with E-state index in [1.54, 1.807) is 24.4 Å². The molecule has 0 fully saturated rings. The second-order valence-corrected chi connectivity index (χ2v) is 6.67. The Balaban J connectivity index is 2.02. The standard InChI is InChI=1S/C19H19Cl2N5/c1-3-12(2)23-19-24-16(15-9-4-5-10-22-15)11-17(26-19)25-18-13(20)7-6-8-14(18)21/h4-12H,3H2,1-2H3,(H2,23,24,25,26)/t12-/m1/s1. The highest BCUT2D eigenvalue weighted by Crippen LogP contribution is 2.33. The van der Waals surface area contributed by atoms with Crippen LogP contribution >= 0.6 is 23.2 Å². The Labute approximate surface area is 162 Å². The fourth-order valence-electron chi connectivity index (χ4n) is 2.29. The highest BCUT2D eigenvalue weighted by molar-refractivity contribution is 6.39.